The molecule has 1 nitrogen and oxygen atoms in total. The van der Waals surface area contributed by atoms with Gasteiger partial charge in [0.2, 0.25) is 0 Å². The number of aliphatic hydroxyl groups excluding tert-OH is 1. The molecule has 13 heavy (non-hydrogen) atoms. The van der Waals surface area contributed by atoms with Crippen molar-refractivity contribution in [1.29, 1.82) is 0 Å². The first kappa shape index (κ1) is 14.7. The second-order valence-corrected chi connectivity index (χ2v) is 2.88. The van der Waals surface area contributed by atoms with Crippen LogP contribution in [0, 0.1) is 0 Å². The number of hydrogen-bond acceptors (Lipinski definition) is 1. The lowest BCUT2D eigenvalue weighted by Gasteiger charge is -2.05. The molecule has 1 N–H and O–H groups in total. The summed E-state index contributed by atoms with van der Waals surface area (Å²) >= 11 is 0. The topological polar surface area (TPSA) is 20.2 Å². The molecule has 1 heteroatoms. The maximum absolute atomic E-state index is 7.00. The molecule has 0 aromatic heterocycles. The van der Waals surface area contributed by atoms with E-state index >= 15 is 0 Å². The summed E-state index contributed by atoms with van der Waals surface area (Å²) in [5.41, 5.74) is 3.77. The van der Waals surface area contributed by atoms with Crippen LogP contribution in [0.4, 0.5) is 0 Å². The van der Waals surface area contributed by atoms with Gasteiger partial charge in [-0.05, 0) is 31.4 Å². The average molecular weight is 182 g/mol. The van der Waals surface area contributed by atoms with E-state index in [-0.39, 0.29) is 0 Å². The molecule has 76 valence electrons. The molecule has 0 aromatic rings. The van der Waals surface area contributed by atoms with Crippen molar-refractivity contribution in [3.8, 4) is 0 Å². The Balaban J connectivity index is 0. The highest BCUT2D eigenvalue weighted by molar-refractivity contribution is 5.35. The van der Waals surface area contributed by atoms with Crippen molar-refractivity contribution in [2.45, 2.75) is 33.6 Å². The van der Waals surface area contributed by atoms with Crippen LogP contribution in [-0.4, -0.2) is 12.2 Å². The predicted molar refractivity (Wildman–Crippen MR) is 60.8 cm³/mol. The van der Waals surface area contributed by atoms with E-state index in [0.29, 0.717) is 0 Å². The van der Waals surface area contributed by atoms with Crippen molar-refractivity contribution >= 4 is 0 Å². The van der Waals surface area contributed by atoms with Crippen LogP contribution in [0.1, 0.15) is 33.6 Å². The molecule has 0 aliphatic rings. The van der Waals surface area contributed by atoms with E-state index < -0.39 is 0 Å². The smallest absolute Gasteiger partial charge is 0.0319 e. The predicted octanol–water partition coefficient (Wildman–Crippen LogP) is 3.47. The van der Waals surface area contributed by atoms with Crippen LogP contribution < -0.4 is 0 Å². The molecule has 0 aromatic carbocycles. The zero-order valence-electron chi connectivity index (χ0n) is 9.35. The lowest BCUT2D eigenvalue weighted by molar-refractivity contribution is 0.399. The highest BCUT2D eigenvalue weighted by Gasteiger charge is 1.97. The van der Waals surface area contributed by atoms with Crippen LogP contribution >= 0.6 is 0 Å². The number of allylic oxidation sites excluding steroid dienone is 4. The number of rotatable bonds is 4. The Labute approximate surface area is 82.5 Å². The summed E-state index contributed by atoms with van der Waals surface area (Å²) in [5, 5.41) is 7.00. The van der Waals surface area contributed by atoms with E-state index in [0.717, 1.165) is 19.1 Å². The minimum absolute atomic E-state index is 1.00. The molecule has 0 atom stereocenters. The van der Waals surface area contributed by atoms with E-state index in [1.807, 2.05) is 13.0 Å². The average Bonchev–Trinajstić information content (AvgIpc) is 2.16. The van der Waals surface area contributed by atoms with Crippen LogP contribution in [0.25, 0.3) is 0 Å². The molecule has 0 spiro atoms. The van der Waals surface area contributed by atoms with Gasteiger partial charge in [-0.2, -0.15) is 0 Å². The molecule has 0 radical (unpaired) electrons. The fraction of sp³-hybridized carbons (Fsp3) is 0.500. The third-order valence-corrected chi connectivity index (χ3v) is 1.89. The lowest BCUT2D eigenvalue weighted by Crippen LogP contribution is -1.86. The Morgan fingerprint density at radius 1 is 1.31 bits per heavy atom. The molecule has 0 bridgehead atoms. The summed E-state index contributed by atoms with van der Waals surface area (Å²) in [6, 6.07) is 0. The second kappa shape index (κ2) is 9.27. The van der Waals surface area contributed by atoms with Crippen LogP contribution in [0.5, 0.6) is 0 Å². The van der Waals surface area contributed by atoms with Gasteiger partial charge in [0.1, 0.15) is 0 Å². The van der Waals surface area contributed by atoms with Crippen molar-refractivity contribution in [3.63, 3.8) is 0 Å². The summed E-state index contributed by atoms with van der Waals surface area (Å²) in [6.07, 6.45) is 4.22. The maximum Gasteiger partial charge on any atom is 0.0319 e. The molecule has 0 aliphatic carbocycles. The van der Waals surface area contributed by atoms with Gasteiger partial charge in [-0.3, -0.25) is 0 Å². The molecule has 0 heterocycles. The summed E-state index contributed by atoms with van der Waals surface area (Å²) in [4.78, 5) is 0. The molecule has 0 unspecified atom stereocenters. The van der Waals surface area contributed by atoms with Gasteiger partial charge >= 0.3 is 0 Å². The molecule has 0 rings (SSSR count). The zero-order valence-corrected chi connectivity index (χ0v) is 9.35. The molecule has 0 saturated heterocycles. The minimum atomic E-state index is 1.00. The maximum atomic E-state index is 7.00. The summed E-state index contributed by atoms with van der Waals surface area (Å²) < 4.78 is 0. The Morgan fingerprint density at radius 2 is 1.77 bits per heavy atom. The van der Waals surface area contributed by atoms with E-state index in [9.17, 15) is 0 Å². The molecule has 0 aliphatic heterocycles. The standard InChI is InChI=1S/C11H18.CH4O/c1-6-8-11(7-2)10(5)9(3)4;1-2/h7H,2-3,6,8H2,1,4-5H3;2H,1H3/b11-10+;. The van der Waals surface area contributed by atoms with Crippen molar-refractivity contribution in [2.75, 3.05) is 7.11 Å². The summed E-state index contributed by atoms with van der Waals surface area (Å²) in [7, 11) is 1.00. The van der Waals surface area contributed by atoms with Crippen molar-refractivity contribution in [2.24, 2.45) is 0 Å². The van der Waals surface area contributed by atoms with E-state index in [1.165, 1.54) is 17.6 Å². The molecule has 0 amide bonds. The van der Waals surface area contributed by atoms with Crippen molar-refractivity contribution in [1.82, 2.24) is 0 Å². The van der Waals surface area contributed by atoms with Gasteiger partial charge in [0.15, 0.2) is 0 Å². The number of aliphatic hydroxyl groups is 1. The highest BCUT2D eigenvalue weighted by Crippen LogP contribution is 2.17. The Bertz CT molecular complexity index is 187. The quantitative estimate of drug-likeness (QED) is 0.660. The monoisotopic (exact) mass is 182 g/mol. The normalized spacial score (nSPS) is 10.8. The van der Waals surface area contributed by atoms with Crippen LogP contribution in [0.3, 0.4) is 0 Å². The minimum Gasteiger partial charge on any atom is -0.400 e. The SMILES string of the molecule is C=C/C(CCC)=C(/C)C(=C)C.CO. The number of hydrogen-bond donors (Lipinski definition) is 1. The fourth-order valence-corrected chi connectivity index (χ4v) is 0.986. The van der Waals surface area contributed by atoms with Gasteiger partial charge in [0.05, 0.1) is 0 Å². The van der Waals surface area contributed by atoms with Crippen molar-refractivity contribution in [3.05, 3.63) is 36.0 Å². The first-order valence-corrected chi connectivity index (χ1v) is 4.56. The Hall–Kier alpha value is -0.820. The molecule has 0 saturated carbocycles. The Morgan fingerprint density at radius 3 is 2.00 bits per heavy atom. The van der Waals surface area contributed by atoms with Gasteiger partial charge in [0.25, 0.3) is 0 Å². The third-order valence-electron chi connectivity index (χ3n) is 1.89. The molecule has 0 fully saturated rings. The molecular formula is C12H22O. The fourth-order valence-electron chi connectivity index (χ4n) is 0.986. The van der Waals surface area contributed by atoms with E-state index in [2.05, 4.69) is 27.0 Å². The Kier molecular flexibility index (Phi) is 10.5. The first-order chi connectivity index (χ1) is 6.13. The van der Waals surface area contributed by atoms with Gasteiger partial charge in [-0.15, -0.1) is 0 Å². The third kappa shape index (κ3) is 6.35. The van der Waals surface area contributed by atoms with Gasteiger partial charge in [-0.1, -0.05) is 38.2 Å². The largest absolute Gasteiger partial charge is 0.400 e. The lowest BCUT2D eigenvalue weighted by atomic mass is 10.0. The van der Waals surface area contributed by atoms with E-state index in [4.69, 9.17) is 5.11 Å². The van der Waals surface area contributed by atoms with Crippen LogP contribution in [0.2, 0.25) is 0 Å². The second-order valence-electron chi connectivity index (χ2n) is 2.88. The van der Waals surface area contributed by atoms with Crippen LogP contribution in [0.15, 0.2) is 36.0 Å². The van der Waals surface area contributed by atoms with Gasteiger partial charge < -0.3 is 5.11 Å². The van der Waals surface area contributed by atoms with Crippen molar-refractivity contribution < 1.29 is 5.11 Å². The first-order valence-electron chi connectivity index (χ1n) is 4.56. The van der Waals surface area contributed by atoms with Gasteiger partial charge in [-0.25, -0.2) is 0 Å². The summed E-state index contributed by atoms with van der Waals surface area (Å²) in [5.74, 6) is 0. The zero-order chi connectivity index (χ0) is 10.9. The molecular weight excluding hydrogens is 160 g/mol. The van der Waals surface area contributed by atoms with E-state index in [1.54, 1.807) is 0 Å². The van der Waals surface area contributed by atoms with Crippen LogP contribution in [-0.2, 0) is 0 Å². The highest BCUT2D eigenvalue weighted by atomic mass is 16.2. The summed E-state index contributed by atoms with van der Waals surface area (Å²) in [6.45, 7) is 14.0. The van der Waals surface area contributed by atoms with Gasteiger partial charge in [0, 0.05) is 7.11 Å².